The second kappa shape index (κ2) is 8.25. The molecule has 3 rings (SSSR count). The van der Waals surface area contributed by atoms with Crippen molar-refractivity contribution in [3.05, 3.63) is 92.6 Å². The van der Waals surface area contributed by atoms with Crippen LogP contribution in [0.3, 0.4) is 0 Å². The first-order chi connectivity index (χ1) is 13.0. The number of nitriles is 1. The summed E-state index contributed by atoms with van der Waals surface area (Å²) in [7, 11) is 0. The Morgan fingerprint density at radius 2 is 1.96 bits per heavy atom. The average Bonchev–Trinajstić information content (AvgIpc) is 2.68. The monoisotopic (exact) mass is 421 g/mol. The smallest absolute Gasteiger partial charge is 0.287 e. The molecule has 3 aromatic rings. The Kier molecular flexibility index (Phi) is 5.59. The van der Waals surface area contributed by atoms with Crippen LogP contribution in [-0.2, 0) is 0 Å². The lowest BCUT2D eigenvalue weighted by molar-refractivity contribution is -0.385. The molecule has 6 nitrogen and oxygen atoms in total. The quantitative estimate of drug-likeness (QED) is 0.231. The van der Waals surface area contributed by atoms with Gasteiger partial charge in [-0.25, -0.2) is 4.98 Å². The molecule has 0 N–H and O–H groups in total. The fourth-order valence-corrected chi connectivity index (χ4v) is 2.70. The zero-order chi connectivity index (χ0) is 19.2. The molecule has 27 heavy (non-hydrogen) atoms. The molecule has 7 heteroatoms. The number of aromatic nitrogens is 1. The van der Waals surface area contributed by atoms with Crippen LogP contribution in [0.2, 0.25) is 0 Å². The molecule has 2 aromatic carbocycles. The largest absolute Gasteiger partial charge is 0.439 e. The first-order valence-corrected chi connectivity index (χ1v) is 8.60. The number of pyridine rings is 1. The number of ether oxygens (including phenoxy) is 1. The van der Waals surface area contributed by atoms with Gasteiger partial charge in [-0.1, -0.05) is 40.2 Å². The van der Waals surface area contributed by atoms with Gasteiger partial charge in [-0.05, 0) is 41.5 Å². The van der Waals surface area contributed by atoms with Crippen LogP contribution in [0, 0.1) is 21.4 Å². The van der Waals surface area contributed by atoms with Crippen LogP contribution < -0.4 is 4.74 Å². The molecule has 132 valence electrons. The lowest BCUT2D eigenvalue weighted by Crippen LogP contribution is -1.91. The van der Waals surface area contributed by atoms with Crippen molar-refractivity contribution in [3.63, 3.8) is 0 Å². The number of hydrogen-bond donors (Lipinski definition) is 0. The third-order valence-electron chi connectivity index (χ3n) is 3.60. The van der Waals surface area contributed by atoms with Crippen molar-refractivity contribution in [2.45, 2.75) is 0 Å². The van der Waals surface area contributed by atoms with Crippen molar-refractivity contribution >= 4 is 33.3 Å². The van der Waals surface area contributed by atoms with E-state index in [2.05, 4.69) is 27.0 Å². The third kappa shape index (κ3) is 4.77. The SMILES string of the molecule is N#C/C(=C/c1ccc(Oc2ccc([N+](=O)[O-])cn2)cc1)c1cccc(Br)c1. The minimum atomic E-state index is -0.518. The highest BCUT2D eigenvalue weighted by Gasteiger charge is 2.07. The van der Waals surface area contributed by atoms with Crippen molar-refractivity contribution in [2.24, 2.45) is 0 Å². The van der Waals surface area contributed by atoms with Crippen LogP contribution in [0.1, 0.15) is 11.1 Å². The number of hydrogen-bond acceptors (Lipinski definition) is 5. The van der Waals surface area contributed by atoms with Gasteiger partial charge in [-0.3, -0.25) is 10.1 Å². The Hall–Kier alpha value is -3.50. The number of benzene rings is 2. The molecule has 1 heterocycles. The highest BCUT2D eigenvalue weighted by Crippen LogP contribution is 2.24. The van der Waals surface area contributed by atoms with E-state index in [9.17, 15) is 15.4 Å². The van der Waals surface area contributed by atoms with Crippen LogP contribution in [0.5, 0.6) is 11.6 Å². The molecule has 0 saturated carbocycles. The summed E-state index contributed by atoms with van der Waals surface area (Å²) in [6.07, 6.45) is 2.93. The summed E-state index contributed by atoms with van der Waals surface area (Å²) in [6.45, 7) is 0. The molecule has 0 amide bonds. The second-order valence-electron chi connectivity index (χ2n) is 5.46. The summed E-state index contributed by atoms with van der Waals surface area (Å²) >= 11 is 3.40. The maximum absolute atomic E-state index is 10.6. The molecule has 0 aliphatic heterocycles. The van der Waals surface area contributed by atoms with E-state index in [0.717, 1.165) is 21.8 Å². The summed E-state index contributed by atoms with van der Waals surface area (Å²) in [5, 5.41) is 20.1. The average molecular weight is 422 g/mol. The lowest BCUT2D eigenvalue weighted by Gasteiger charge is -2.05. The molecule has 0 saturated heterocycles. The molecule has 0 unspecified atom stereocenters. The minimum Gasteiger partial charge on any atom is -0.439 e. The van der Waals surface area contributed by atoms with Crippen LogP contribution in [0.15, 0.2) is 71.3 Å². The van der Waals surface area contributed by atoms with E-state index < -0.39 is 4.92 Å². The fraction of sp³-hybridized carbons (Fsp3) is 0. The summed E-state index contributed by atoms with van der Waals surface area (Å²) in [6, 6.07) is 19.6. The Morgan fingerprint density at radius 3 is 2.56 bits per heavy atom. The number of allylic oxidation sites excluding steroid dienone is 1. The molecule has 0 spiro atoms. The fourth-order valence-electron chi connectivity index (χ4n) is 2.30. The summed E-state index contributed by atoms with van der Waals surface area (Å²) < 4.78 is 6.48. The zero-order valence-corrected chi connectivity index (χ0v) is 15.5. The lowest BCUT2D eigenvalue weighted by atomic mass is 10.0. The molecular weight excluding hydrogens is 410 g/mol. The summed E-state index contributed by atoms with van der Waals surface area (Å²) in [4.78, 5) is 14.0. The molecule has 0 aliphatic carbocycles. The van der Waals surface area contributed by atoms with Crippen LogP contribution >= 0.6 is 15.9 Å². The van der Waals surface area contributed by atoms with E-state index in [1.54, 1.807) is 18.2 Å². The van der Waals surface area contributed by atoms with Gasteiger partial charge in [0.2, 0.25) is 5.88 Å². The van der Waals surface area contributed by atoms with E-state index in [1.165, 1.54) is 12.1 Å². The highest BCUT2D eigenvalue weighted by atomic mass is 79.9. The van der Waals surface area contributed by atoms with Gasteiger partial charge in [-0.2, -0.15) is 5.26 Å². The minimum absolute atomic E-state index is 0.0978. The Labute approximate surface area is 163 Å². The Morgan fingerprint density at radius 1 is 1.19 bits per heavy atom. The Balaban J connectivity index is 1.76. The molecule has 0 radical (unpaired) electrons. The van der Waals surface area contributed by atoms with Crippen LogP contribution in [0.25, 0.3) is 11.6 Å². The Bertz CT molecular complexity index is 1040. The van der Waals surface area contributed by atoms with E-state index in [4.69, 9.17) is 4.74 Å². The van der Waals surface area contributed by atoms with E-state index in [1.807, 2.05) is 36.4 Å². The van der Waals surface area contributed by atoms with Crippen LogP contribution in [0.4, 0.5) is 5.69 Å². The maximum Gasteiger partial charge on any atom is 0.287 e. The first kappa shape index (κ1) is 18.3. The van der Waals surface area contributed by atoms with Gasteiger partial charge in [-0.15, -0.1) is 0 Å². The van der Waals surface area contributed by atoms with Crippen LogP contribution in [-0.4, -0.2) is 9.91 Å². The first-order valence-electron chi connectivity index (χ1n) is 7.81. The van der Waals surface area contributed by atoms with Gasteiger partial charge in [0.1, 0.15) is 11.9 Å². The van der Waals surface area contributed by atoms with E-state index >= 15 is 0 Å². The number of rotatable bonds is 5. The molecule has 0 aliphatic rings. The number of nitro groups is 1. The van der Waals surface area contributed by atoms with E-state index in [-0.39, 0.29) is 11.6 Å². The van der Waals surface area contributed by atoms with Crippen molar-refractivity contribution in [3.8, 4) is 17.7 Å². The molecule has 0 fully saturated rings. The highest BCUT2D eigenvalue weighted by molar-refractivity contribution is 9.10. The summed E-state index contributed by atoms with van der Waals surface area (Å²) in [5.74, 6) is 0.796. The van der Waals surface area contributed by atoms with E-state index in [0.29, 0.717) is 11.3 Å². The van der Waals surface area contributed by atoms with Gasteiger partial charge >= 0.3 is 0 Å². The maximum atomic E-state index is 10.6. The second-order valence-corrected chi connectivity index (χ2v) is 6.38. The molecule has 1 aromatic heterocycles. The molecule has 0 atom stereocenters. The normalized spacial score (nSPS) is 10.9. The topological polar surface area (TPSA) is 89.0 Å². The van der Waals surface area contributed by atoms with Crippen molar-refractivity contribution in [2.75, 3.05) is 0 Å². The van der Waals surface area contributed by atoms with Gasteiger partial charge in [0, 0.05) is 16.6 Å². The van der Waals surface area contributed by atoms with Gasteiger partial charge in [0.05, 0.1) is 16.6 Å². The third-order valence-corrected chi connectivity index (χ3v) is 4.09. The molecule has 0 bridgehead atoms. The van der Waals surface area contributed by atoms with Gasteiger partial charge in [0.25, 0.3) is 5.69 Å². The predicted octanol–water partition coefficient (Wildman–Crippen LogP) is 5.61. The predicted molar refractivity (Wildman–Crippen MR) is 105 cm³/mol. The number of halogens is 1. The standard InChI is InChI=1S/C20H12BrN3O3/c21-17-3-1-2-15(11-17)16(12-22)10-14-4-7-19(8-5-14)27-20-9-6-18(13-23-20)24(25)26/h1-11,13H/b16-10-. The molecular formula is C20H12BrN3O3. The van der Waals surface area contributed by atoms with Crippen molar-refractivity contribution in [1.82, 2.24) is 4.98 Å². The van der Waals surface area contributed by atoms with Crippen molar-refractivity contribution < 1.29 is 9.66 Å². The van der Waals surface area contributed by atoms with Gasteiger partial charge < -0.3 is 4.74 Å². The van der Waals surface area contributed by atoms with Gasteiger partial charge in [0.15, 0.2) is 0 Å². The number of nitrogens with zero attached hydrogens (tertiary/aromatic N) is 3. The zero-order valence-electron chi connectivity index (χ0n) is 13.9. The summed E-state index contributed by atoms with van der Waals surface area (Å²) in [5.41, 5.74) is 2.11. The van der Waals surface area contributed by atoms with Crippen molar-refractivity contribution in [1.29, 1.82) is 5.26 Å².